The van der Waals surface area contributed by atoms with Crippen LogP contribution in [0.1, 0.15) is 13.3 Å². The largest absolute Gasteiger partial charge is 0.394 e. The van der Waals surface area contributed by atoms with Gasteiger partial charge in [0.2, 0.25) is 0 Å². The van der Waals surface area contributed by atoms with Gasteiger partial charge in [0.05, 0.1) is 22.6 Å². The number of hydrogen-bond donors (Lipinski definition) is 1. The van der Waals surface area contributed by atoms with Gasteiger partial charge in [-0.3, -0.25) is 10.1 Å². The zero-order valence-electron chi connectivity index (χ0n) is 9.91. The Morgan fingerprint density at radius 2 is 2.44 bits per heavy atom. The predicted octanol–water partition coefficient (Wildman–Crippen LogP) is 1.85. The maximum atomic E-state index is 10.6. The van der Waals surface area contributed by atoms with Crippen molar-refractivity contribution >= 4 is 23.1 Å². The summed E-state index contributed by atoms with van der Waals surface area (Å²) in [5.41, 5.74) is -0.128. The molecule has 2 heterocycles. The Hall–Kier alpha value is -1.40. The van der Waals surface area contributed by atoms with E-state index in [-0.39, 0.29) is 23.4 Å². The molecule has 98 valence electrons. The molecule has 1 fully saturated rings. The normalized spacial score (nSPS) is 23.4. The second-order valence-corrected chi connectivity index (χ2v) is 4.87. The molecule has 1 N–H and O–H groups in total. The monoisotopic (exact) mass is 271 g/mol. The first-order chi connectivity index (χ1) is 8.54. The third-order valence-electron chi connectivity index (χ3n) is 3.36. The molecule has 0 radical (unpaired) electrons. The van der Waals surface area contributed by atoms with E-state index in [0.29, 0.717) is 11.7 Å². The summed E-state index contributed by atoms with van der Waals surface area (Å²) >= 11 is 6.03. The van der Waals surface area contributed by atoms with Crippen LogP contribution in [0, 0.1) is 16.0 Å². The van der Waals surface area contributed by atoms with Gasteiger partial charge in [-0.15, -0.1) is 0 Å². The molecule has 7 heteroatoms. The standard InChI is InChI=1S/C11H14ClN3O3/c1-7-2-3-14(10(7)6-16)11-9(12)4-8(5-13-11)15(17)18/h4-5,7,10,16H,2-3,6H2,1H3. The van der Waals surface area contributed by atoms with Crippen LogP contribution in [-0.4, -0.2) is 34.2 Å². The minimum absolute atomic E-state index is 0.0240. The van der Waals surface area contributed by atoms with Gasteiger partial charge in [0.25, 0.3) is 5.69 Å². The lowest BCUT2D eigenvalue weighted by atomic mass is 10.0. The minimum atomic E-state index is -0.529. The van der Waals surface area contributed by atoms with Crippen LogP contribution in [0.4, 0.5) is 11.5 Å². The number of rotatable bonds is 3. The number of halogens is 1. The van der Waals surface area contributed by atoms with Crippen LogP contribution in [0.5, 0.6) is 0 Å². The fraction of sp³-hybridized carbons (Fsp3) is 0.545. The molecular weight excluding hydrogens is 258 g/mol. The van der Waals surface area contributed by atoms with Crippen LogP contribution in [0.25, 0.3) is 0 Å². The highest BCUT2D eigenvalue weighted by atomic mass is 35.5. The first kappa shape index (κ1) is 13.0. The summed E-state index contributed by atoms with van der Waals surface area (Å²) in [6.07, 6.45) is 2.14. The van der Waals surface area contributed by atoms with Crippen LogP contribution >= 0.6 is 11.6 Å². The van der Waals surface area contributed by atoms with Gasteiger partial charge in [-0.1, -0.05) is 18.5 Å². The van der Waals surface area contributed by atoms with Gasteiger partial charge in [-0.2, -0.15) is 0 Å². The summed E-state index contributed by atoms with van der Waals surface area (Å²) in [4.78, 5) is 16.1. The molecule has 0 aromatic carbocycles. The quantitative estimate of drug-likeness (QED) is 0.670. The summed E-state index contributed by atoms with van der Waals surface area (Å²) in [7, 11) is 0. The highest BCUT2D eigenvalue weighted by Crippen LogP contribution is 2.34. The number of aliphatic hydroxyl groups is 1. The number of pyridine rings is 1. The number of aromatic nitrogens is 1. The van der Waals surface area contributed by atoms with E-state index in [1.54, 1.807) is 0 Å². The van der Waals surface area contributed by atoms with E-state index in [0.717, 1.165) is 13.0 Å². The molecule has 0 spiro atoms. The Morgan fingerprint density at radius 1 is 1.72 bits per heavy atom. The lowest BCUT2D eigenvalue weighted by Gasteiger charge is -2.26. The van der Waals surface area contributed by atoms with Crippen molar-refractivity contribution in [3.63, 3.8) is 0 Å². The van der Waals surface area contributed by atoms with Crippen molar-refractivity contribution in [1.82, 2.24) is 4.98 Å². The van der Waals surface area contributed by atoms with Crippen molar-refractivity contribution < 1.29 is 10.0 Å². The Bertz CT molecular complexity index is 469. The lowest BCUT2D eigenvalue weighted by Crippen LogP contribution is -2.35. The Morgan fingerprint density at radius 3 is 3.00 bits per heavy atom. The van der Waals surface area contributed by atoms with E-state index in [9.17, 15) is 15.2 Å². The molecule has 2 atom stereocenters. The second kappa shape index (κ2) is 5.07. The van der Waals surface area contributed by atoms with E-state index in [1.807, 2.05) is 4.90 Å². The van der Waals surface area contributed by atoms with E-state index < -0.39 is 4.92 Å². The van der Waals surface area contributed by atoms with Gasteiger partial charge in [-0.05, 0) is 12.3 Å². The number of hydrogen-bond acceptors (Lipinski definition) is 5. The third kappa shape index (κ3) is 2.26. The summed E-state index contributed by atoms with van der Waals surface area (Å²) in [5, 5.41) is 20.2. The van der Waals surface area contributed by atoms with E-state index in [2.05, 4.69) is 11.9 Å². The maximum absolute atomic E-state index is 10.6. The Kier molecular flexibility index (Phi) is 3.68. The van der Waals surface area contributed by atoms with Gasteiger partial charge in [-0.25, -0.2) is 4.98 Å². The fourth-order valence-corrected chi connectivity index (χ4v) is 2.55. The van der Waals surface area contributed by atoms with Crippen LogP contribution in [0.3, 0.4) is 0 Å². The van der Waals surface area contributed by atoms with Crippen molar-refractivity contribution in [2.24, 2.45) is 5.92 Å². The smallest absolute Gasteiger partial charge is 0.289 e. The topological polar surface area (TPSA) is 79.5 Å². The molecule has 0 amide bonds. The van der Waals surface area contributed by atoms with E-state index in [4.69, 9.17) is 11.6 Å². The number of nitrogens with zero attached hydrogens (tertiary/aromatic N) is 3. The summed E-state index contributed by atoms with van der Waals surface area (Å²) in [6, 6.07) is 1.26. The maximum Gasteiger partial charge on any atom is 0.289 e. The lowest BCUT2D eigenvalue weighted by molar-refractivity contribution is -0.385. The van der Waals surface area contributed by atoms with Crippen LogP contribution in [0.2, 0.25) is 5.02 Å². The molecule has 1 aliphatic rings. The molecule has 18 heavy (non-hydrogen) atoms. The number of nitro groups is 1. The molecule has 0 bridgehead atoms. The van der Waals surface area contributed by atoms with Crippen molar-refractivity contribution in [3.05, 3.63) is 27.4 Å². The Balaban J connectivity index is 2.31. The van der Waals surface area contributed by atoms with Crippen molar-refractivity contribution in [2.45, 2.75) is 19.4 Å². The highest BCUT2D eigenvalue weighted by molar-refractivity contribution is 6.33. The zero-order chi connectivity index (χ0) is 13.3. The van der Waals surface area contributed by atoms with Crippen molar-refractivity contribution in [3.8, 4) is 0 Å². The van der Waals surface area contributed by atoms with E-state index >= 15 is 0 Å². The molecule has 1 aliphatic heterocycles. The molecule has 0 saturated carbocycles. The van der Waals surface area contributed by atoms with Gasteiger partial charge >= 0.3 is 0 Å². The minimum Gasteiger partial charge on any atom is -0.394 e. The van der Waals surface area contributed by atoms with Crippen LogP contribution in [0.15, 0.2) is 12.3 Å². The molecule has 1 saturated heterocycles. The van der Waals surface area contributed by atoms with Crippen molar-refractivity contribution in [1.29, 1.82) is 0 Å². The highest BCUT2D eigenvalue weighted by Gasteiger charge is 2.32. The molecular formula is C11H14ClN3O3. The summed E-state index contributed by atoms with van der Waals surface area (Å²) < 4.78 is 0. The second-order valence-electron chi connectivity index (χ2n) is 4.47. The van der Waals surface area contributed by atoms with Crippen LogP contribution in [-0.2, 0) is 0 Å². The van der Waals surface area contributed by atoms with Gasteiger partial charge in [0.15, 0.2) is 0 Å². The summed E-state index contributed by atoms with van der Waals surface area (Å²) in [6.45, 7) is 2.83. The zero-order valence-corrected chi connectivity index (χ0v) is 10.7. The SMILES string of the molecule is CC1CCN(c2ncc([N+](=O)[O-])cc2Cl)C1CO. The molecule has 0 aliphatic carbocycles. The number of aliphatic hydroxyl groups excluding tert-OH is 1. The predicted molar refractivity (Wildman–Crippen MR) is 67.9 cm³/mol. The fourth-order valence-electron chi connectivity index (χ4n) is 2.28. The molecule has 2 unspecified atom stereocenters. The average molecular weight is 272 g/mol. The Labute approximate surface area is 109 Å². The van der Waals surface area contributed by atoms with Crippen LogP contribution < -0.4 is 4.90 Å². The van der Waals surface area contributed by atoms with Gasteiger partial charge in [0, 0.05) is 12.6 Å². The molecule has 1 aromatic rings. The molecule has 1 aromatic heterocycles. The van der Waals surface area contributed by atoms with E-state index in [1.165, 1.54) is 12.3 Å². The van der Waals surface area contributed by atoms with Crippen molar-refractivity contribution in [2.75, 3.05) is 18.1 Å². The number of anilines is 1. The average Bonchev–Trinajstić information content (AvgIpc) is 2.70. The molecule has 2 rings (SSSR count). The first-order valence-electron chi connectivity index (χ1n) is 5.72. The van der Waals surface area contributed by atoms with Gasteiger partial charge < -0.3 is 10.0 Å². The van der Waals surface area contributed by atoms with Gasteiger partial charge in [0.1, 0.15) is 12.0 Å². The molecule has 6 nitrogen and oxygen atoms in total. The first-order valence-corrected chi connectivity index (χ1v) is 6.09. The third-order valence-corrected chi connectivity index (χ3v) is 3.64. The summed E-state index contributed by atoms with van der Waals surface area (Å²) in [5.74, 6) is 0.855.